The maximum Gasteiger partial charge on any atom is 0.310 e. The van der Waals surface area contributed by atoms with Crippen LogP contribution in [0.4, 0.5) is 0 Å². The molecule has 0 aromatic rings. The molecule has 3 saturated heterocycles. The molecule has 0 aromatic carbocycles. The molecular weight excluding hydrogens is 424 g/mol. The third-order valence-corrected chi connectivity index (χ3v) is 8.06. The van der Waals surface area contributed by atoms with E-state index in [0.717, 1.165) is 25.7 Å². The molecule has 6 atom stereocenters. The number of hydrogen-bond acceptors (Lipinski definition) is 5. The van der Waals surface area contributed by atoms with E-state index in [9.17, 15) is 19.5 Å². The van der Waals surface area contributed by atoms with Crippen LogP contribution in [0.1, 0.15) is 65.7 Å². The van der Waals surface area contributed by atoms with Crippen molar-refractivity contribution in [3.05, 3.63) is 12.7 Å². The number of aliphatic carboxylic acids is 1. The van der Waals surface area contributed by atoms with Gasteiger partial charge < -0.3 is 24.7 Å². The van der Waals surface area contributed by atoms with E-state index in [1.54, 1.807) is 22.8 Å². The first kappa shape index (κ1) is 25.7. The lowest BCUT2D eigenvalue weighted by Crippen LogP contribution is -2.56. The smallest absolute Gasteiger partial charge is 0.310 e. The van der Waals surface area contributed by atoms with Crippen LogP contribution in [0.3, 0.4) is 0 Å². The second-order valence-corrected chi connectivity index (χ2v) is 10.1. The van der Waals surface area contributed by atoms with Gasteiger partial charge in [-0.25, -0.2) is 0 Å². The lowest BCUT2D eigenvalue weighted by molar-refractivity contribution is -0.157. The molecule has 8 heteroatoms. The van der Waals surface area contributed by atoms with Crippen LogP contribution in [0.15, 0.2) is 12.7 Å². The van der Waals surface area contributed by atoms with E-state index in [4.69, 9.17) is 9.84 Å². The van der Waals surface area contributed by atoms with Gasteiger partial charge in [0.15, 0.2) is 0 Å². The van der Waals surface area contributed by atoms with E-state index in [0.29, 0.717) is 38.9 Å². The topological polar surface area (TPSA) is 107 Å². The van der Waals surface area contributed by atoms with Crippen molar-refractivity contribution in [2.75, 3.05) is 26.2 Å². The largest absolute Gasteiger partial charge is 0.481 e. The van der Waals surface area contributed by atoms with Crippen LogP contribution in [0, 0.1) is 17.8 Å². The first-order chi connectivity index (χ1) is 15.7. The SMILES string of the molecule is C=CCN(CCCCC)C(=O)C1N(CCCCCO)C(=O)[C@@H]2[C@H](C(=O)O)[C@@]3(C)OC12CC3C. The van der Waals surface area contributed by atoms with Gasteiger partial charge in [0, 0.05) is 26.2 Å². The predicted molar refractivity (Wildman–Crippen MR) is 123 cm³/mol. The Balaban J connectivity index is 1.99. The van der Waals surface area contributed by atoms with Crippen molar-refractivity contribution in [1.29, 1.82) is 0 Å². The first-order valence-electron chi connectivity index (χ1n) is 12.4. The molecule has 2 amide bonds. The second-order valence-electron chi connectivity index (χ2n) is 10.1. The summed E-state index contributed by atoms with van der Waals surface area (Å²) in [6.45, 7) is 11.0. The standard InChI is InChI=1S/C25H40N2O6/c1-5-7-9-13-26(12-6-2)22(30)20-25-16-17(3)24(4,33-25)19(23(31)32)18(25)21(29)27(20)14-10-8-11-15-28/h6,17-20,28H,2,5,7-16H2,1,3-4H3,(H,31,32)/t17?,18-,19+,20?,24-,25?/m0/s1. The molecule has 0 aromatic heterocycles. The van der Waals surface area contributed by atoms with Crippen LogP contribution in [0.25, 0.3) is 0 Å². The van der Waals surface area contributed by atoms with Gasteiger partial charge in [0.05, 0.1) is 11.5 Å². The number of carbonyl (C=O) groups excluding carboxylic acids is 2. The Labute approximate surface area is 196 Å². The number of carboxylic acid groups (broad SMARTS) is 1. The number of amides is 2. The molecule has 8 nitrogen and oxygen atoms in total. The molecule has 3 fully saturated rings. The van der Waals surface area contributed by atoms with Gasteiger partial charge in [-0.2, -0.15) is 0 Å². The van der Waals surface area contributed by atoms with Gasteiger partial charge in [-0.15, -0.1) is 6.58 Å². The van der Waals surface area contributed by atoms with E-state index >= 15 is 0 Å². The van der Waals surface area contributed by atoms with Gasteiger partial charge in [-0.3, -0.25) is 14.4 Å². The minimum atomic E-state index is -1.12. The summed E-state index contributed by atoms with van der Waals surface area (Å²) in [5.74, 6) is -3.41. The normalized spacial score (nSPS) is 34.5. The van der Waals surface area contributed by atoms with Crippen LogP contribution in [0.5, 0.6) is 0 Å². The minimum absolute atomic E-state index is 0.0769. The third kappa shape index (κ3) is 4.20. The highest BCUT2D eigenvalue weighted by Gasteiger charge is 2.80. The summed E-state index contributed by atoms with van der Waals surface area (Å²) in [5.41, 5.74) is -2.09. The van der Waals surface area contributed by atoms with Crippen molar-refractivity contribution in [1.82, 2.24) is 9.80 Å². The molecule has 33 heavy (non-hydrogen) atoms. The van der Waals surface area contributed by atoms with Crippen molar-refractivity contribution >= 4 is 17.8 Å². The summed E-state index contributed by atoms with van der Waals surface area (Å²) in [6.07, 6.45) is 7.05. The fourth-order valence-electron chi connectivity index (χ4n) is 6.38. The molecule has 3 rings (SSSR count). The fraction of sp³-hybridized carbons (Fsp3) is 0.800. The molecule has 186 valence electrons. The Bertz CT molecular complexity index is 772. The Morgan fingerprint density at radius 3 is 2.61 bits per heavy atom. The predicted octanol–water partition coefficient (Wildman–Crippen LogP) is 2.45. The minimum Gasteiger partial charge on any atom is -0.481 e. The molecule has 3 aliphatic rings. The molecule has 3 heterocycles. The number of hydrogen-bond donors (Lipinski definition) is 2. The number of ether oxygens (including phenoxy) is 1. The zero-order chi connectivity index (χ0) is 24.4. The van der Waals surface area contributed by atoms with Gasteiger partial charge in [-0.1, -0.05) is 32.8 Å². The number of unbranched alkanes of at least 4 members (excludes halogenated alkanes) is 4. The van der Waals surface area contributed by atoms with Crippen molar-refractivity contribution in [2.24, 2.45) is 17.8 Å². The van der Waals surface area contributed by atoms with E-state index in [2.05, 4.69) is 13.5 Å². The quantitative estimate of drug-likeness (QED) is 0.320. The summed E-state index contributed by atoms with van der Waals surface area (Å²) in [6, 6.07) is -0.834. The maximum atomic E-state index is 14.0. The number of carbonyl (C=O) groups is 3. The average Bonchev–Trinajstić information content (AvgIpc) is 3.27. The van der Waals surface area contributed by atoms with E-state index in [-0.39, 0.29) is 24.3 Å². The van der Waals surface area contributed by atoms with E-state index in [1.807, 2.05) is 6.92 Å². The van der Waals surface area contributed by atoms with Crippen LogP contribution in [0.2, 0.25) is 0 Å². The maximum absolute atomic E-state index is 14.0. The highest BCUT2D eigenvalue weighted by molar-refractivity contribution is 5.98. The van der Waals surface area contributed by atoms with Crippen LogP contribution in [-0.2, 0) is 19.1 Å². The van der Waals surface area contributed by atoms with Crippen molar-refractivity contribution in [3.8, 4) is 0 Å². The Morgan fingerprint density at radius 2 is 2.00 bits per heavy atom. The molecule has 2 N–H and O–H groups in total. The number of likely N-dealkylation sites (tertiary alicyclic amines) is 1. The summed E-state index contributed by atoms with van der Waals surface area (Å²) in [5, 5.41) is 19.2. The summed E-state index contributed by atoms with van der Waals surface area (Å²) in [4.78, 5) is 43.4. The van der Waals surface area contributed by atoms with Crippen LogP contribution >= 0.6 is 0 Å². The highest BCUT2D eigenvalue weighted by Crippen LogP contribution is 2.65. The number of aliphatic hydroxyl groups excluding tert-OH is 1. The number of fused-ring (bicyclic) bond motifs is 1. The van der Waals surface area contributed by atoms with Crippen molar-refractivity contribution in [3.63, 3.8) is 0 Å². The van der Waals surface area contributed by atoms with Gasteiger partial charge in [0.2, 0.25) is 11.8 Å². The van der Waals surface area contributed by atoms with Crippen molar-refractivity contribution < 1.29 is 29.3 Å². The van der Waals surface area contributed by atoms with Gasteiger partial charge in [0.1, 0.15) is 17.6 Å². The molecule has 0 radical (unpaired) electrons. The van der Waals surface area contributed by atoms with Gasteiger partial charge >= 0.3 is 5.97 Å². The average molecular weight is 465 g/mol. The number of aliphatic hydroxyl groups is 1. The van der Waals surface area contributed by atoms with E-state index < -0.39 is 35.0 Å². The monoisotopic (exact) mass is 464 g/mol. The fourth-order valence-corrected chi connectivity index (χ4v) is 6.38. The van der Waals surface area contributed by atoms with Crippen LogP contribution in [-0.4, -0.2) is 81.3 Å². The summed E-state index contributed by atoms with van der Waals surface area (Å²) in [7, 11) is 0. The lowest BCUT2D eigenvalue weighted by Gasteiger charge is -2.37. The summed E-state index contributed by atoms with van der Waals surface area (Å²) >= 11 is 0. The second kappa shape index (κ2) is 10.1. The van der Waals surface area contributed by atoms with E-state index in [1.165, 1.54) is 0 Å². The number of carboxylic acids is 1. The molecule has 3 unspecified atom stereocenters. The highest BCUT2D eigenvalue weighted by atomic mass is 16.5. The zero-order valence-electron chi connectivity index (χ0n) is 20.3. The molecule has 3 aliphatic heterocycles. The Morgan fingerprint density at radius 1 is 1.27 bits per heavy atom. The first-order valence-corrected chi connectivity index (χ1v) is 12.4. The molecule has 0 saturated carbocycles. The zero-order valence-corrected chi connectivity index (χ0v) is 20.3. The van der Waals surface area contributed by atoms with Gasteiger partial charge in [-0.05, 0) is 44.9 Å². The lowest BCUT2D eigenvalue weighted by atomic mass is 9.62. The molecular formula is C25H40N2O6. The summed E-state index contributed by atoms with van der Waals surface area (Å²) < 4.78 is 6.52. The Hall–Kier alpha value is -1.93. The molecule has 0 aliphatic carbocycles. The number of nitrogens with zero attached hydrogens (tertiary/aromatic N) is 2. The molecule has 2 bridgehead atoms. The third-order valence-electron chi connectivity index (χ3n) is 8.06. The van der Waals surface area contributed by atoms with Crippen LogP contribution < -0.4 is 0 Å². The number of rotatable bonds is 13. The van der Waals surface area contributed by atoms with Gasteiger partial charge in [0.25, 0.3) is 0 Å². The molecule has 1 spiro atoms. The Kier molecular flexibility index (Phi) is 7.89. The van der Waals surface area contributed by atoms with Crippen molar-refractivity contribution in [2.45, 2.75) is 83.0 Å².